The number of rotatable bonds is 6. The average molecular weight is 418 g/mol. The molecule has 0 spiro atoms. The molecule has 1 aromatic carbocycles. The third kappa shape index (κ3) is 5.37. The number of pyridine rings is 1. The molecule has 2 N–H and O–H groups in total. The monoisotopic (exact) mass is 418 g/mol. The molecule has 0 bridgehead atoms. The minimum Gasteiger partial charge on any atom is -0.360 e. The molecule has 0 unspecified atom stereocenters. The van der Waals surface area contributed by atoms with Crippen molar-refractivity contribution in [1.29, 1.82) is 0 Å². The first-order valence-electron chi connectivity index (χ1n) is 9.13. The van der Waals surface area contributed by atoms with E-state index in [2.05, 4.69) is 15.6 Å². The molecule has 1 saturated heterocycles. The van der Waals surface area contributed by atoms with Crippen molar-refractivity contribution >= 4 is 21.8 Å². The van der Waals surface area contributed by atoms with Crippen LogP contribution in [-0.2, 0) is 30.9 Å². The van der Waals surface area contributed by atoms with Crippen LogP contribution in [0.25, 0.3) is 0 Å². The predicted octanol–water partition coefficient (Wildman–Crippen LogP) is 0.251. The van der Waals surface area contributed by atoms with Gasteiger partial charge in [-0.2, -0.15) is 4.31 Å². The van der Waals surface area contributed by atoms with Gasteiger partial charge in [0.15, 0.2) is 0 Å². The summed E-state index contributed by atoms with van der Waals surface area (Å²) in [5.74, 6) is -1.70. The molecule has 1 aromatic heterocycles. The molecule has 10 heteroatoms. The molecular formula is C19H22N4O5S. The van der Waals surface area contributed by atoms with Crippen LogP contribution in [0, 0.1) is 0 Å². The van der Waals surface area contributed by atoms with Crippen LogP contribution >= 0.6 is 0 Å². The molecule has 0 saturated carbocycles. The fourth-order valence-corrected chi connectivity index (χ4v) is 4.43. The van der Waals surface area contributed by atoms with Crippen LogP contribution in [0.15, 0.2) is 59.6 Å². The van der Waals surface area contributed by atoms with Crippen molar-refractivity contribution in [3.05, 3.63) is 60.4 Å². The second kappa shape index (κ2) is 9.59. The molecule has 2 heterocycles. The minimum atomic E-state index is -3.78. The molecule has 154 valence electrons. The van der Waals surface area contributed by atoms with Gasteiger partial charge in [0.1, 0.15) is 6.23 Å². The maximum absolute atomic E-state index is 12.9. The van der Waals surface area contributed by atoms with E-state index in [1.165, 1.54) is 16.4 Å². The zero-order chi connectivity index (χ0) is 20.7. The first-order chi connectivity index (χ1) is 14.0. The fourth-order valence-electron chi connectivity index (χ4n) is 2.84. The van der Waals surface area contributed by atoms with Gasteiger partial charge in [0.25, 0.3) is 0 Å². The largest absolute Gasteiger partial charge is 0.360 e. The van der Waals surface area contributed by atoms with Crippen LogP contribution in [0.3, 0.4) is 0 Å². The van der Waals surface area contributed by atoms with Gasteiger partial charge in [-0.05, 0) is 30.7 Å². The molecule has 1 aliphatic heterocycles. The highest BCUT2D eigenvalue weighted by molar-refractivity contribution is 7.89. The maximum Gasteiger partial charge on any atom is 0.309 e. The molecule has 0 radical (unpaired) electrons. The number of hydrogen-bond donors (Lipinski definition) is 2. The summed E-state index contributed by atoms with van der Waals surface area (Å²) in [6.45, 7) is 0.611. The van der Waals surface area contributed by atoms with E-state index in [9.17, 15) is 18.0 Å². The van der Waals surface area contributed by atoms with Gasteiger partial charge >= 0.3 is 11.8 Å². The Morgan fingerprint density at radius 2 is 1.79 bits per heavy atom. The number of amides is 2. The molecule has 1 aliphatic rings. The van der Waals surface area contributed by atoms with Crippen molar-refractivity contribution in [2.75, 3.05) is 19.7 Å². The Kier molecular flexibility index (Phi) is 6.91. The Bertz CT molecular complexity index is 938. The van der Waals surface area contributed by atoms with Gasteiger partial charge in [-0.1, -0.05) is 24.3 Å². The number of aromatic nitrogens is 1. The van der Waals surface area contributed by atoms with E-state index in [0.29, 0.717) is 18.7 Å². The quantitative estimate of drug-likeness (QED) is 0.650. The molecule has 2 amide bonds. The normalized spacial score (nSPS) is 17.4. The SMILES string of the molecule is O=C(NCc1ccccn1)C(=O)NC[C@@H]1OCCCN1S(=O)(=O)c1ccccc1. The molecule has 3 rings (SSSR count). The van der Waals surface area contributed by atoms with Gasteiger partial charge in [0.05, 0.1) is 30.3 Å². The van der Waals surface area contributed by atoms with Crippen LogP contribution in [0.2, 0.25) is 0 Å². The summed E-state index contributed by atoms with van der Waals surface area (Å²) in [5.41, 5.74) is 0.615. The topological polar surface area (TPSA) is 118 Å². The smallest absolute Gasteiger partial charge is 0.309 e. The van der Waals surface area contributed by atoms with Crippen molar-refractivity contribution in [1.82, 2.24) is 19.9 Å². The first kappa shape index (κ1) is 20.9. The highest BCUT2D eigenvalue weighted by atomic mass is 32.2. The highest BCUT2D eigenvalue weighted by Gasteiger charge is 2.34. The lowest BCUT2D eigenvalue weighted by Gasteiger charge is -2.34. The van der Waals surface area contributed by atoms with Gasteiger partial charge in [-0.25, -0.2) is 8.42 Å². The van der Waals surface area contributed by atoms with Crippen molar-refractivity contribution in [2.24, 2.45) is 0 Å². The van der Waals surface area contributed by atoms with Crippen LogP contribution in [0.5, 0.6) is 0 Å². The van der Waals surface area contributed by atoms with E-state index in [1.54, 1.807) is 42.6 Å². The highest BCUT2D eigenvalue weighted by Crippen LogP contribution is 2.21. The number of hydrogen-bond acceptors (Lipinski definition) is 6. The molecule has 29 heavy (non-hydrogen) atoms. The van der Waals surface area contributed by atoms with Crippen LogP contribution in [0.1, 0.15) is 12.1 Å². The van der Waals surface area contributed by atoms with Crippen molar-refractivity contribution in [3.63, 3.8) is 0 Å². The summed E-state index contributed by atoms with van der Waals surface area (Å²) in [5, 5.41) is 4.91. The second-order valence-corrected chi connectivity index (χ2v) is 8.21. The summed E-state index contributed by atoms with van der Waals surface area (Å²) in [6.07, 6.45) is 1.24. The summed E-state index contributed by atoms with van der Waals surface area (Å²) < 4.78 is 32.5. The Labute approximate surface area is 169 Å². The van der Waals surface area contributed by atoms with E-state index < -0.39 is 28.1 Å². The number of ether oxygens (including phenoxy) is 1. The molecular weight excluding hydrogens is 396 g/mol. The number of benzene rings is 1. The standard InChI is InChI=1S/C19H22N4O5S/c24-18(21-13-15-7-4-5-10-20-15)19(25)22-14-17-23(11-6-12-28-17)29(26,27)16-8-2-1-3-9-16/h1-5,7-10,17H,6,11-14H2,(H,21,24)(H,22,25)/t17-/m0/s1. The molecule has 0 aliphatic carbocycles. The van der Waals surface area contributed by atoms with E-state index >= 15 is 0 Å². The summed E-state index contributed by atoms with van der Waals surface area (Å²) >= 11 is 0. The van der Waals surface area contributed by atoms with Gasteiger partial charge < -0.3 is 15.4 Å². The van der Waals surface area contributed by atoms with Crippen molar-refractivity contribution in [2.45, 2.75) is 24.1 Å². The lowest BCUT2D eigenvalue weighted by Crippen LogP contribution is -2.53. The second-order valence-electron chi connectivity index (χ2n) is 6.32. The number of nitrogens with zero attached hydrogens (tertiary/aromatic N) is 2. The lowest BCUT2D eigenvalue weighted by atomic mass is 10.3. The summed E-state index contributed by atoms with van der Waals surface area (Å²) in [6, 6.07) is 13.3. The third-order valence-electron chi connectivity index (χ3n) is 4.30. The van der Waals surface area contributed by atoms with Crippen molar-refractivity contribution in [3.8, 4) is 0 Å². The zero-order valence-electron chi connectivity index (χ0n) is 15.7. The predicted molar refractivity (Wildman–Crippen MR) is 104 cm³/mol. The average Bonchev–Trinajstić information content (AvgIpc) is 2.77. The van der Waals surface area contributed by atoms with Crippen LogP contribution in [-0.4, -0.2) is 55.4 Å². The molecule has 2 aromatic rings. The number of carbonyl (C=O) groups excluding carboxylic acids is 2. The van der Waals surface area contributed by atoms with E-state index in [1.807, 2.05) is 0 Å². The Hall–Kier alpha value is -2.82. The van der Waals surface area contributed by atoms with Crippen LogP contribution < -0.4 is 10.6 Å². The summed E-state index contributed by atoms with van der Waals surface area (Å²) in [4.78, 5) is 28.2. The molecule has 1 fully saturated rings. The maximum atomic E-state index is 12.9. The number of sulfonamides is 1. The van der Waals surface area contributed by atoms with Crippen molar-refractivity contribution < 1.29 is 22.7 Å². The zero-order valence-corrected chi connectivity index (χ0v) is 16.5. The lowest BCUT2D eigenvalue weighted by molar-refractivity contribution is -0.140. The number of carbonyl (C=O) groups is 2. The minimum absolute atomic E-state index is 0.113. The Morgan fingerprint density at radius 3 is 2.52 bits per heavy atom. The van der Waals surface area contributed by atoms with Crippen LogP contribution in [0.4, 0.5) is 0 Å². The van der Waals surface area contributed by atoms with Gasteiger partial charge in [-0.15, -0.1) is 0 Å². The first-order valence-corrected chi connectivity index (χ1v) is 10.6. The van der Waals surface area contributed by atoms with E-state index in [-0.39, 0.29) is 24.5 Å². The third-order valence-corrected chi connectivity index (χ3v) is 6.21. The van der Waals surface area contributed by atoms with Gasteiger partial charge in [0.2, 0.25) is 10.0 Å². The van der Waals surface area contributed by atoms with E-state index in [4.69, 9.17) is 4.74 Å². The Balaban J connectivity index is 1.57. The molecule has 9 nitrogen and oxygen atoms in total. The Morgan fingerprint density at radius 1 is 1.07 bits per heavy atom. The fraction of sp³-hybridized carbons (Fsp3) is 0.316. The number of nitrogens with one attached hydrogen (secondary N) is 2. The molecule has 1 atom stereocenters. The van der Waals surface area contributed by atoms with Gasteiger partial charge in [-0.3, -0.25) is 14.6 Å². The van der Waals surface area contributed by atoms with Gasteiger partial charge in [0, 0.05) is 12.7 Å². The van der Waals surface area contributed by atoms with E-state index in [0.717, 1.165) is 0 Å². The summed E-state index contributed by atoms with van der Waals surface area (Å²) in [7, 11) is -3.78.